The summed E-state index contributed by atoms with van der Waals surface area (Å²) >= 11 is 1.67. The number of aromatic nitrogens is 2. The summed E-state index contributed by atoms with van der Waals surface area (Å²) < 4.78 is 0. The molecule has 1 saturated heterocycles. The van der Waals surface area contributed by atoms with E-state index in [1.807, 2.05) is 7.05 Å². The molecule has 17 heavy (non-hydrogen) atoms. The van der Waals surface area contributed by atoms with Crippen LogP contribution in [-0.2, 0) is 0 Å². The van der Waals surface area contributed by atoms with E-state index in [0.29, 0.717) is 12.0 Å². The highest BCUT2D eigenvalue weighted by molar-refractivity contribution is 7.16. The third kappa shape index (κ3) is 1.74. The van der Waals surface area contributed by atoms with Crippen molar-refractivity contribution in [3.63, 3.8) is 0 Å². The maximum Gasteiger partial charge on any atom is 0.225 e. The van der Waals surface area contributed by atoms with Crippen LogP contribution < -0.4 is 10.2 Å². The number of anilines is 2. The fraction of sp³-hybridized carbons (Fsp3) is 0.500. The molecule has 3 rings (SSSR count). The minimum Gasteiger partial charge on any atom is -0.357 e. The first-order valence-electron chi connectivity index (χ1n) is 5.99. The van der Waals surface area contributed by atoms with Crippen LogP contribution in [-0.4, -0.2) is 29.6 Å². The maximum atomic E-state index is 4.63. The van der Waals surface area contributed by atoms with Crippen molar-refractivity contribution in [1.82, 2.24) is 9.97 Å². The van der Waals surface area contributed by atoms with E-state index in [-0.39, 0.29) is 0 Å². The van der Waals surface area contributed by atoms with Gasteiger partial charge in [0.15, 0.2) is 0 Å². The first-order chi connectivity index (χ1) is 8.29. The molecule has 0 bridgehead atoms. The third-order valence-corrected chi connectivity index (χ3v) is 4.16. The second kappa shape index (κ2) is 4.14. The van der Waals surface area contributed by atoms with Gasteiger partial charge in [-0.05, 0) is 31.2 Å². The predicted molar refractivity (Wildman–Crippen MR) is 73.0 cm³/mol. The lowest BCUT2D eigenvalue weighted by molar-refractivity contribution is 0.729. The number of hydrogen-bond donors (Lipinski definition) is 1. The number of hydrogen-bond acceptors (Lipinski definition) is 5. The Hall–Kier alpha value is -1.36. The standard InChI is InChI=1S/C12H16N4S/c1-8-4-3-6-16(8)10-9-5-7-17-11(9)15-12(13-2)14-10/h5,7-8H,3-4,6H2,1-2H3,(H,13,14,15). The van der Waals surface area contributed by atoms with Crippen LogP contribution in [0.1, 0.15) is 19.8 Å². The Balaban J connectivity index is 2.15. The van der Waals surface area contributed by atoms with E-state index in [2.05, 4.69) is 38.6 Å². The van der Waals surface area contributed by atoms with Crippen molar-refractivity contribution in [2.45, 2.75) is 25.8 Å². The van der Waals surface area contributed by atoms with Gasteiger partial charge in [0.1, 0.15) is 10.6 Å². The molecule has 90 valence electrons. The Kier molecular flexibility index (Phi) is 2.63. The summed E-state index contributed by atoms with van der Waals surface area (Å²) in [5, 5.41) is 6.31. The van der Waals surface area contributed by atoms with Crippen molar-refractivity contribution in [1.29, 1.82) is 0 Å². The van der Waals surface area contributed by atoms with Gasteiger partial charge in [0, 0.05) is 19.6 Å². The molecule has 0 aliphatic carbocycles. The molecule has 0 amide bonds. The molecule has 1 unspecified atom stereocenters. The monoisotopic (exact) mass is 248 g/mol. The number of nitrogens with one attached hydrogen (secondary N) is 1. The molecule has 0 aromatic carbocycles. The molecule has 1 N–H and O–H groups in total. The smallest absolute Gasteiger partial charge is 0.225 e. The molecule has 0 radical (unpaired) electrons. The lowest BCUT2D eigenvalue weighted by atomic mass is 10.2. The van der Waals surface area contributed by atoms with Gasteiger partial charge in [0.25, 0.3) is 0 Å². The van der Waals surface area contributed by atoms with Crippen molar-refractivity contribution >= 4 is 33.3 Å². The van der Waals surface area contributed by atoms with E-state index >= 15 is 0 Å². The van der Waals surface area contributed by atoms with Gasteiger partial charge in [-0.15, -0.1) is 11.3 Å². The van der Waals surface area contributed by atoms with Gasteiger partial charge in [-0.3, -0.25) is 0 Å². The van der Waals surface area contributed by atoms with E-state index in [9.17, 15) is 0 Å². The minimum absolute atomic E-state index is 0.581. The fourth-order valence-electron chi connectivity index (χ4n) is 2.42. The summed E-state index contributed by atoms with van der Waals surface area (Å²) in [6, 6.07) is 2.71. The minimum atomic E-state index is 0.581. The highest BCUT2D eigenvalue weighted by Crippen LogP contribution is 2.32. The Morgan fingerprint density at radius 1 is 1.47 bits per heavy atom. The first kappa shape index (κ1) is 10.8. The molecular weight excluding hydrogens is 232 g/mol. The second-order valence-corrected chi connectivity index (χ2v) is 5.34. The van der Waals surface area contributed by atoms with Crippen molar-refractivity contribution in [2.24, 2.45) is 0 Å². The molecule has 0 saturated carbocycles. The highest BCUT2D eigenvalue weighted by Gasteiger charge is 2.24. The van der Waals surface area contributed by atoms with Crippen LogP contribution in [0.3, 0.4) is 0 Å². The molecule has 1 atom stereocenters. The zero-order chi connectivity index (χ0) is 11.8. The summed E-state index contributed by atoms with van der Waals surface area (Å²) in [5.74, 6) is 1.81. The average molecular weight is 248 g/mol. The van der Waals surface area contributed by atoms with Crippen molar-refractivity contribution in [3.05, 3.63) is 11.4 Å². The fourth-order valence-corrected chi connectivity index (χ4v) is 3.18. The first-order valence-corrected chi connectivity index (χ1v) is 6.87. The molecule has 1 aliphatic heterocycles. The largest absolute Gasteiger partial charge is 0.357 e. The Labute approximate surface area is 105 Å². The van der Waals surface area contributed by atoms with Gasteiger partial charge in [0.2, 0.25) is 5.95 Å². The summed E-state index contributed by atoms with van der Waals surface area (Å²) in [5.41, 5.74) is 0. The van der Waals surface area contributed by atoms with Gasteiger partial charge >= 0.3 is 0 Å². The number of nitrogens with zero attached hydrogens (tertiary/aromatic N) is 3. The summed E-state index contributed by atoms with van der Waals surface area (Å²) in [4.78, 5) is 12.6. The zero-order valence-corrected chi connectivity index (χ0v) is 10.9. The van der Waals surface area contributed by atoms with E-state index in [0.717, 1.165) is 17.2 Å². The number of thiophene rings is 1. The van der Waals surface area contributed by atoms with Gasteiger partial charge in [-0.2, -0.15) is 4.98 Å². The molecular formula is C12H16N4S. The topological polar surface area (TPSA) is 41.1 Å². The van der Waals surface area contributed by atoms with Crippen molar-refractivity contribution < 1.29 is 0 Å². The van der Waals surface area contributed by atoms with E-state index < -0.39 is 0 Å². The summed E-state index contributed by atoms with van der Waals surface area (Å²) in [6.07, 6.45) is 2.51. The van der Waals surface area contributed by atoms with Crippen LogP contribution in [0.15, 0.2) is 11.4 Å². The highest BCUT2D eigenvalue weighted by atomic mass is 32.1. The maximum absolute atomic E-state index is 4.63. The Morgan fingerprint density at radius 2 is 2.35 bits per heavy atom. The van der Waals surface area contributed by atoms with Crippen LogP contribution >= 0.6 is 11.3 Å². The van der Waals surface area contributed by atoms with Gasteiger partial charge in [0.05, 0.1) is 5.39 Å². The van der Waals surface area contributed by atoms with Crippen LogP contribution in [0.2, 0.25) is 0 Å². The molecule has 2 aromatic heterocycles. The van der Waals surface area contributed by atoms with Gasteiger partial charge in [-0.25, -0.2) is 4.98 Å². The average Bonchev–Trinajstić information content (AvgIpc) is 2.95. The Bertz CT molecular complexity index is 536. The summed E-state index contributed by atoms with van der Waals surface area (Å²) in [6.45, 7) is 3.37. The van der Waals surface area contributed by atoms with E-state index in [4.69, 9.17) is 0 Å². The molecule has 0 spiro atoms. The second-order valence-electron chi connectivity index (χ2n) is 4.44. The van der Waals surface area contributed by atoms with Crippen molar-refractivity contribution in [3.8, 4) is 0 Å². The van der Waals surface area contributed by atoms with Crippen molar-refractivity contribution in [2.75, 3.05) is 23.8 Å². The SMILES string of the molecule is CNc1nc(N2CCCC2C)c2ccsc2n1. The van der Waals surface area contributed by atoms with Crippen LogP contribution in [0.4, 0.5) is 11.8 Å². The quantitative estimate of drug-likeness (QED) is 0.887. The predicted octanol–water partition coefficient (Wildman–Crippen LogP) is 2.72. The molecule has 3 heterocycles. The van der Waals surface area contributed by atoms with Gasteiger partial charge in [-0.1, -0.05) is 0 Å². The molecule has 4 nitrogen and oxygen atoms in total. The van der Waals surface area contributed by atoms with Crippen LogP contribution in [0.5, 0.6) is 0 Å². The third-order valence-electron chi connectivity index (χ3n) is 3.35. The molecule has 5 heteroatoms. The van der Waals surface area contributed by atoms with Crippen LogP contribution in [0, 0.1) is 0 Å². The molecule has 1 fully saturated rings. The van der Waals surface area contributed by atoms with E-state index in [1.165, 1.54) is 18.2 Å². The normalized spacial score (nSPS) is 20.1. The Morgan fingerprint density at radius 3 is 3.06 bits per heavy atom. The lowest BCUT2D eigenvalue weighted by Crippen LogP contribution is -2.27. The number of rotatable bonds is 2. The van der Waals surface area contributed by atoms with Crippen LogP contribution in [0.25, 0.3) is 10.2 Å². The zero-order valence-electron chi connectivity index (χ0n) is 10.1. The summed E-state index contributed by atoms with van der Waals surface area (Å²) in [7, 11) is 1.87. The molecule has 1 aliphatic rings. The molecule has 2 aromatic rings. The van der Waals surface area contributed by atoms with Gasteiger partial charge < -0.3 is 10.2 Å². The van der Waals surface area contributed by atoms with E-state index in [1.54, 1.807) is 11.3 Å². The lowest BCUT2D eigenvalue weighted by Gasteiger charge is -2.23. The number of fused-ring (bicyclic) bond motifs is 1.